The first-order valence-electron chi connectivity index (χ1n) is 14.1. The van der Waals surface area contributed by atoms with Crippen LogP contribution in [-0.2, 0) is 19.9 Å². The van der Waals surface area contributed by atoms with Crippen LogP contribution in [0.25, 0.3) is 10.9 Å². The number of carbonyl (C=O) groups is 1. The van der Waals surface area contributed by atoms with Crippen molar-refractivity contribution in [1.82, 2.24) is 14.5 Å². The van der Waals surface area contributed by atoms with Gasteiger partial charge in [0.15, 0.2) is 5.78 Å². The fraction of sp³-hybridized carbons (Fsp3) is 0.235. The molecule has 1 fully saturated rings. The number of carbonyl (C=O) groups excluding carboxylic acids is 1. The zero-order chi connectivity index (χ0) is 28.3. The van der Waals surface area contributed by atoms with Crippen molar-refractivity contribution < 1.29 is 4.79 Å². The minimum Gasteiger partial charge on any atom is -0.368 e. The molecule has 9 heteroatoms. The molecule has 3 aromatic carbocycles. The fourth-order valence-electron chi connectivity index (χ4n) is 5.53. The fourth-order valence-corrected chi connectivity index (χ4v) is 5.53. The third-order valence-corrected chi connectivity index (χ3v) is 7.99. The molecule has 222 valence electrons. The first kappa shape index (κ1) is 31.7. The Morgan fingerprint density at radius 2 is 1.44 bits per heavy atom. The van der Waals surface area contributed by atoms with Gasteiger partial charge in [-0.15, -0.1) is 24.8 Å². The lowest BCUT2D eigenvalue weighted by molar-refractivity contribution is 0.103. The molecule has 0 amide bonds. The Kier molecular flexibility index (Phi) is 10.2. The minimum absolute atomic E-state index is 0. The molecule has 0 aliphatic carbocycles. The highest BCUT2D eigenvalue weighted by molar-refractivity contribution is 6.08. The average molecular weight is 617 g/mol. The van der Waals surface area contributed by atoms with Crippen molar-refractivity contribution in [3.63, 3.8) is 0 Å². The topological polar surface area (TPSA) is 71.3 Å². The molecule has 6 rings (SSSR count). The van der Waals surface area contributed by atoms with Crippen LogP contribution < -0.4 is 15.4 Å². The molecular formula is C34H35Cl2N5O2. The molecule has 1 aliphatic rings. The number of halogens is 2. The first-order chi connectivity index (χ1) is 20.0. The smallest absolute Gasteiger partial charge is 0.261 e. The third kappa shape index (κ3) is 6.74. The van der Waals surface area contributed by atoms with E-state index < -0.39 is 0 Å². The molecule has 5 aromatic rings. The maximum absolute atomic E-state index is 13.2. The summed E-state index contributed by atoms with van der Waals surface area (Å²) in [7, 11) is 1.78. The van der Waals surface area contributed by atoms with Crippen molar-refractivity contribution >= 4 is 53.0 Å². The van der Waals surface area contributed by atoms with Crippen molar-refractivity contribution in [2.24, 2.45) is 7.05 Å². The molecule has 7 nitrogen and oxygen atoms in total. The van der Waals surface area contributed by atoms with Gasteiger partial charge in [0.05, 0.1) is 10.9 Å². The van der Waals surface area contributed by atoms with E-state index in [-0.39, 0.29) is 36.2 Å². The van der Waals surface area contributed by atoms with Gasteiger partial charge in [0.1, 0.15) is 11.6 Å². The number of fused-ring (bicyclic) bond motifs is 1. The summed E-state index contributed by atoms with van der Waals surface area (Å²) in [5.41, 5.74) is 5.20. The van der Waals surface area contributed by atoms with Gasteiger partial charge in [-0.1, -0.05) is 54.6 Å². The maximum atomic E-state index is 13.2. The Labute approximate surface area is 264 Å². The summed E-state index contributed by atoms with van der Waals surface area (Å²) >= 11 is 0. The Bertz CT molecular complexity index is 1750. The number of hydrogen-bond donors (Lipinski definition) is 0. The van der Waals surface area contributed by atoms with E-state index in [1.165, 1.54) is 5.69 Å². The number of anilines is 2. The number of hydrogen-bond acceptors (Lipinski definition) is 6. The van der Waals surface area contributed by atoms with Crippen LogP contribution in [0.1, 0.15) is 32.9 Å². The van der Waals surface area contributed by atoms with Crippen molar-refractivity contribution in [1.29, 1.82) is 0 Å². The van der Waals surface area contributed by atoms with Gasteiger partial charge in [-0.05, 0) is 54.8 Å². The summed E-state index contributed by atoms with van der Waals surface area (Å²) in [5.74, 6) is 1.61. The van der Waals surface area contributed by atoms with E-state index in [9.17, 15) is 9.59 Å². The highest BCUT2D eigenvalue weighted by atomic mass is 35.5. The van der Waals surface area contributed by atoms with Crippen LogP contribution in [-0.4, -0.2) is 46.5 Å². The summed E-state index contributed by atoms with van der Waals surface area (Å²) in [6.07, 6.45) is 3.04. The lowest BCUT2D eigenvalue weighted by Gasteiger charge is -2.36. The van der Waals surface area contributed by atoms with Crippen LogP contribution in [0, 0.1) is 6.92 Å². The van der Waals surface area contributed by atoms with Crippen molar-refractivity contribution in [2.75, 3.05) is 36.0 Å². The van der Waals surface area contributed by atoms with Gasteiger partial charge in [-0.2, -0.15) is 0 Å². The Morgan fingerprint density at radius 3 is 2.12 bits per heavy atom. The second kappa shape index (κ2) is 13.8. The number of aryl methyl sites for hydroxylation is 3. The van der Waals surface area contributed by atoms with Crippen LogP contribution in [0.2, 0.25) is 0 Å². The number of benzene rings is 3. The first-order valence-corrected chi connectivity index (χ1v) is 14.1. The predicted octanol–water partition coefficient (Wildman–Crippen LogP) is 5.82. The van der Waals surface area contributed by atoms with E-state index in [2.05, 4.69) is 39.0 Å². The van der Waals surface area contributed by atoms with Crippen molar-refractivity contribution in [2.45, 2.75) is 19.8 Å². The molecule has 0 N–H and O–H groups in total. The number of pyridine rings is 1. The summed E-state index contributed by atoms with van der Waals surface area (Å²) < 4.78 is 1.65. The van der Waals surface area contributed by atoms with Gasteiger partial charge in [0.2, 0.25) is 0 Å². The van der Waals surface area contributed by atoms with Crippen LogP contribution in [0.15, 0.2) is 95.9 Å². The van der Waals surface area contributed by atoms with Gasteiger partial charge in [0.25, 0.3) is 5.56 Å². The van der Waals surface area contributed by atoms with Crippen molar-refractivity contribution in [3.8, 4) is 0 Å². The lowest BCUT2D eigenvalue weighted by Crippen LogP contribution is -2.46. The van der Waals surface area contributed by atoms with Gasteiger partial charge in [0, 0.05) is 62.7 Å². The molecule has 1 saturated heterocycles. The average Bonchev–Trinajstić information content (AvgIpc) is 3.02. The summed E-state index contributed by atoms with van der Waals surface area (Å²) in [5, 5.41) is 0.676. The van der Waals surface area contributed by atoms with Crippen molar-refractivity contribution in [3.05, 3.63) is 130 Å². The lowest BCUT2D eigenvalue weighted by atomic mass is 10.0. The van der Waals surface area contributed by atoms with E-state index in [1.807, 2.05) is 67.6 Å². The van der Waals surface area contributed by atoms with E-state index >= 15 is 0 Å². The molecule has 0 radical (unpaired) electrons. The summed E-state index contributed by atoms with van der Waals surface area (Å²) in [6, 6.07) is 27.7. The van der Waals surface area contributed by atoms with E-state index in [0.29, 0.717) is 22.9 Å². The van der Waals surface area contributed by atoms with E-state index in [1.54, 1.807) is 17.8 Å². The molecule has 0 bridgehead atoms. The van der Waals surface area contributed by atoms with Gasteiger partial charge >= 0.3 is 0 Å². The van der Waals surface area contributed by atoms with Crippen LogP contribution in [0.5, 0.6) is 0 Å². The Morgan fingerprint density at radius 1 is 0.767 bits per heavy atom. The zero-order valence-corrected chi connectivity index (χ0v) is 25.9. The molecule has 3 heterocycles. The molecule has 2 aromatic heterocycles. The summed E-state index contributed by atoms with van der Waals surface area (Å²) in [6.45, 7) is 5.59. The third-order valence-electron chi connectivity index (χ3n) is 7.99. The molecule has 0 atom stereocenters. The van der Waals surface area contributed by atoms with Crippen LogP contribution in [0.4, 0.5) is 11.5 Å². The Balaban J connectivity index is 0.00000212. The summed E-state index contributed by atoms with van der Waals surface area (Å²) in [4.78, 5) is 40.1. The quantitative estimate of drug-likeness (QED) is 0.215. The van der Waals surface area contributed by atoms with E-state index in [4.69, 9.17) is 4.98 Å². The van der Waals surface area contributed by atoms with Gasteiger partial charge < -0.3 is 9.80 Å². The second-order valence-electron chi connectivity index (χ2n) is 10.6. The largest absolute Gasteiger partial charge is 0.368 e. The SMILES string of the molecule is Cc1cccc2nc(CCc3ccc(C(=O)c4ccc(N5CCN(c6ccccc6)CC5)nc4)cc3)n(C)c(=O)c12.Cl.Cl. The monoisotopic (exact) mass is 615 g/mol. The molecular weight excluding hydrogens is 581 g/mol. The highest BCUT2D eigenvalue weighted by Crippen LogP contribution is 2.20. The molecule has 0 saturated carbocycles. The van der Waals surface area contributed by atoms with Crippen LogP contribution in [0.3, 0.4) is 0 Å². The predicted molar refractivity (Wildman–Crippen MR) is 179 cm³/mol. The molecule has 0 spiro atoms. The number of nitrogens with zero attached hydrogens (tertiary/aromatic N) is 5. The maximum Gasteiger partial charge on any atom is 0.261 e. The van der Waals surface area contributed by atoms with Crippen LogP contribution >= 0.6 is 24.8 Å². The number of para-hydroxylation sites is 1. The normalized spacial score (nSPS) is 12.9. The number of aromatic nitrogens is 3. The number of ketones is 1. The molecule has 0 unspecified atom stereocenters. The zero-order valence-electron chi connectivity index (χ0n) is 24.3. The molecule has 43 heavy (non-hydrogen) atoms. The Hall–Kier alpha value is -4.20. The second-order valence-corrected chi connectivity index (χ2v) is 10.6. The minimum atomic E-state index is -0.0431. The number of piperazine rings is 1. The highest BCUT2D eigenvalue weighted by Gasteiger charge is 2.19. The van der Waals surface area contributed by atoms with Gasteiger partial charge in [-0.25, -0.2) is 9.97 Å². The standard InChI is InChI=1S/C34H33N5O2.2ClH/c1-24-7-6-10-29-32(24)34(41)37(2)31(36-29)17-13-25-11-14-26(15-12-25)33(40)27-16-18-30(35-23-27)39-21-19-38(20-22-39)28-8-4-3-5-9-28;;/h3-12,14-16,18,23H,13,17,19-22H2,1-2H3;2*1H. The number of rotatable bonds is 7. The van der Waals surface area contributed by atoms with Gasteiger partial charge in [-0.3, -0.25) is 14.2 Å². The van der Waals surface area contributed by atoms with E-state index in [0.717, 1.165) is 60.9 Å². The molecule has 1 aliphatic heterocycles.